The Bertz CT molecular complexity index is 386. The summed E-state index contributed by atoms with van der Waals surface area (Å²) >= 11 is 0. The molecule has 2 rings (SSSR count). The molecule has 1 atom stereocenters. The van der Waals surface area contributed by atoms with Crippen LogP contribution in [-0.2, 0) is 0 Å². The van der Waals surface area contributed by atoms with Crippen molar-refractivity contribution in [3.05, 3.63) is 24.0 Å². The van der Waals surface area contributed by atoms with Crippen LogP contribution in [-0.4, -0.2) is 18.6 Å². The van der Waals surface area contributed by atoms with E-state index in [0.717, 1.165) is 23.9 Å². The van der Waals surface area contributed by atoms with Crippen molar-refractivity contribution in [3.63, 3.8) is 0 Å². The van der Waals surface area contributed by atoms with Crippen molar-refractivity contribution in [2.75, 3.05) is 13.7 Å². The fraction of sp³-hybridized carbons (Fsp3) is 0.706. The van der Waals surface area contributed by atoms with Crippen molar-refractivity contribution in [3.8, 4) is 5.75 Å². The van der Waals surface area contributed by atoms with Gasteiger partial charge in [0.05, 0.1) is 18.8 Å². The van der Waals surface area contributed by atoms with Crippen LogP contribution in [0.1, 0.15) is 63.6 Å². The van der Waals surface area contributed by atoms with Crippen molar-refractivity contribution < 1.29 is 4.74 Å². The molecule has 3 heteroatoms. The standard InChI is InChI=1S/C17H28N2O/c1-3-18-15(13-14-9-6-4-5-7-10-14)17-16(20-2)11-8-12-19-17/h8,11-12,14-15,18H,3-7,9-10,13H2,1-2H3. The highest BCUT2D eigenvalue weighted by molar-refractivity contribution is 5.29. The third kappa shape index (κ3) is 4.20. The molecule has 20 heavy (non-hydrogen) atoms. The highest BCUT2D eigenvalue weighted by Gasteiger charge is 2.22. The summed E-state index contributed by atoms with van der Waals surface area (Å²) in [5, 5.41) is 3.60. The molecule has 1 heterocycles. The van der Waals surface area contributed by atoms with Crippen LogP contribution in [0.15, 0.2) is 18.3 Å². The number of pyridine rings is 1. The predicted molar refractivity (Wildman–Crippen MR) is 83.0 cm³/mol. The van der Waals surface area contributed by atoms with Gasteiger partial charge >= 0.3 is 0 Å². The fourth-order valence-electron chi connectivity index (χ4n) is 3.31. The zero-order valence-corrected chi connectivity index (χ0v) is 12.9. The molecule has 3 nitrogen and oxygen atoms in total. The van der Waals surface area contributed by atoms with E-state index in [1.54, 1.807) is 7.11 Å². The Morgan fingerprint density at radius 3 is 2.70 bits per heavy atom. The second kappa shape index (κ2) is 8.25. The van der Waals surface area contributed by atoms with Crippen molar-refractivity contribution in [1.82, 2.24) is 10.3 Å². The van der Waals surface area contributed by atoms with Gasteiger partial charge in [-0.2, -0.15) is 0 Å². The van der Waals surface area contributed by atoms with Crippen LogP contribution < -0.4 is 10.1 Å². The van der Waals surface area contributed by atoms with Gasteiger partial charge in [0.15, 0.2) is 0 Å². The van der Waals surface area contributed by atoms with Gasteiger partial charge in [-0.1, -0.05) is 45.4 Å². The van der Waals surface area contributed by atoms with Crippen LogP contribution in [0.4, 0.5) is 0 Å². The van der Waals surface area contributed by atoms with Gasteiger partial charge in [0.1, 0.15) is 5.75 Å². The van der Waals surface area contributed by atoms with Crippen molar-refractivity contribution in [2.45, 2.75) is 57.9 Å². The molecule has 0 bridgehead atoms. The van der Waals surface area contributed by atoms with Crippen LogP contribution in [0, 0.1) is 5.92 Å². The Hall–Kier alpha value is -1.09. The lowest BCUT2D eigenvalue weighted by molar-refractivity contribution is 0.340. The van der Waals surface area contributed by atoms with E-state index in [9.17, 15) is 0 Å². The first-order valence-electron chi connectivity index (χ1n) is 8.07. The zero-order valence-electron chi connectivity index (χ0n) is 12.9. The molecule has 0 aliphatic heterocycles. The Kier molecular flexibility index (Phi) is 6.31. The lowest BCUT2D eigenvalue weighted by atomic mass is 9.91. The van der Waals surface area contributed by atoms with E-state index < -0.39 is 0 Å². The third-order valence-corrected chi connectivity index (χ3v) is 4.34. The SMILES string of the molecule is CCNC(CC1CCCCCC1)c1ncccc1OC. The maximum Gasteiger partial charge on any atom is 0.141 e. The van der Waals surface area contributed by atoms with Gasteiger partial charge in [0, 0.05) is 6.20 Å². The first kappa shape index (κ1) is 15.3. The molecular formula is C17H28N2O. The zero-order chi connectivity index (χ0) is 14.2. The molecule has 1 saturated carbocycles. The Labute approximate surface area is 123 Å². The van der Waals surface area contributed by atoms with Gasteiger partial charge in [0.25, 0.3) is 0 Å². The summed E-state index contributed by atoms with van der Waals surface area (Å²) in [4.78, 5) is 4.57. The van der Waals surface area contributed by atoms with Crippen molar-refractivity contribution in [2.24, 2.45) is 5.92 Å². The summed E-state index contributed by atoms with van der Waals surface area (Å²) in [5.74, 6) is 1.74. The number of ether oxygens (including phenoxy) is 1. The van der Waals surface area contributed by atoms with E-state index >= 15 is 0 Å². The lowest BCUT2D eigenvalue weighted by Gasteiger charge is -2.24. The van der Waals surface area contributed by atoms with Crippen LogP contribution in [0.5, 0.6) is 5.75 Å². The minimum absolute atomic E-state index is 0.319. The largest absolute Gasteiger partial charge is 0.495 e. The smallest absolute Gasteiger partial charge is 0.141 e. The van der Waals surface area contributed by atoms with Gasteiger partial charge in [0.2, 0.25) is 0 Å². The van der Waals surface area contributed by atoms with E-state index in [1.807, 2.05) is 18.3 Å². The van der Waals surface area contributed by atoms with Gasteiger partial charge in [-0.05, 0) is 31.0 Å². The molecule has 0 amide bonds. The van der Waals surface area contributed by atoms with E-state index in [-0.39, 0.29) is 0 Å². The average Bonchev–Trinajstić information content (AvgIpc) is 2.75. The summed E-state index contributed by atoms with van der Waals surface area (Å²) in [6.07, 6.45) is 11.4. The molecule has 0 radical (unpaired) electrons. The maximum absolute atomic E-state index is 5.48. The monoisotopic (exact) mass is 276 g/mol. The van der Waals surface area contributed by atoms with E-state index in [1.165, 1.54) is 44.9 Å². The molecule has 1 fully saturated rings. The van der Waals surface area contributed by atoms with Gasteiger partial charge < -0.3 is 10.1 Å². The maximum atomic E-state index is 5.48. The molecule has 0 spiro atoms. The van der Waals surface area contributed by atoms with E-state index in [2.05, 4.69) is 17.2 Å². The molecule has 1 N–H and O–H groups in total. The Balaban J connectivity index is 2.09. The third-order valence-electron chi connectivity index (χ3n) is 4.34. The summed E-state index contributed by atoms with van der Waals surface area (Å²) in [6, 6.07) is 4.27. The van der Waals surface area contributed by atoms with Crippen molar-refractivity contribution >= 4 is 0 Å². The van der Waals surface area contributed by atoms with Gasteiger partial charge in [-0.15, -0.1) is 0 Å². The number of methoxy groups -OCH3 is 1. The number of hydrogen-bond donors (Lipinski definition) is 1. The van der Waals surface area contributed by atoms with Gasteiger partial charge in [-0.25, -0.2) is 0 Å². The Morgan fingerprint density at radius 2 is 2.05 bits per heavy atom. The Morgan fingerprint density at radius 1 is 1.30 bits per heavy atom. The first-order chi connectivity index (χ1) is 9.85. The number of nitrogens with one attached hydrogen (secondary N) is 1. The fourth-order valence-corrected chi connectivity index (χ4v) is 3.31. The average molecular weight is 276 g/mol. The predicted octanol–water partition coefficient (Wildman–Crippen LogP) is 4.10. The summed E-state index contributed by atoms with van der Waals surface area (Å²) in [7, 11) is 1.73. The minimum atomic E-state index is 0.319. The molecule has 112 valence electrons. The lowest BCUT2D eigenvalue weighted by Crippen LogP contribution is -2.25. The van der Waals surface area contributed by atoms with E-state index in [4.69, 9.17) is 4.74 Å². The minimum Gasteiger partial charge on any atom is -0.495 e. The number of hydrogen-bond acceptors (Lipinski definition) is 3. The molecule has 1 aromatic rings. The van der Waals surface area contributed by atoms with Gasteiger partial charge in [-0.3, -0.25) is 4.98 Å². The highest BCUT2D eigenvalue weighted by Crippen LogP contribution is 2.33. The molecule has 0 saturated heterocycles. The van der Waals surface area contributed by atoms with Crippen LogP contribution in [0.25, 0.3) is 0 Å². The molecule has 1 aliphatic carbocycles. The van der Waals surface area contributed by atoms with Crippen molar-refractivity contribution in [1.29, 1.82) is 0 Å². The summed E-state index contributed by atoms with van der Waals surface area (Å²) in [6.45, 7) is 3.13. The normalized spacial score (nSPS) is 18.5. The first-order valence-corrected chi connectivity index (χ1v) is 8.07. The van der Waals surface area contributed by atoms with Crippen LogP contribution in [0.2, 0.25) is 0 Å². The highest BCUT2D eigenvalue weighted by atomic mass is 16.5. The number of rotatable bonds is 6. The molecular weight excluding hydrogens is 248 g/mol. The topological polar surface area (TPSA) is 34.2 Å². The summed E-state index contributed by atoms with van der Waals surface area (Å²) < 4.78 is 5.48. The van der Waals surface area contributed by atoms with Crippen LogP contribution >= 0.6 is 0 Å². The number of aromatic nitrogens is 1. The quantitative estimate of drug-likeness (QED) is 0.794. The second-order valence-corrected chi connectivity index (χ2v) is 5.79. The second-order valence-electron chi connectivity index (χ2n) is 5.79. The molecule has 0 aromatic carbocycles. The number of nitrogens with zero attached hydrogens (tertiary/aromatic N) is 1. The summed E-state index contributed by atoms with van der Waals surface area (Å²) in [5.41, 5.74) is 1.07. The van der Waals surface area contributed by atoms with Crippen LogP contribution in [0.3, 0.4) is 0 Å². The molecule has 1 aliphatic rings. The molecule has 1 unspecified atom stereocenters. The molecule has 1 aromatic heterocycles. The van der Waals surface area contributed by atoms with E-state index in [0.29, 0.717) is 6.04 Å².